The SMILES string of the molecule is CN[C@@H]1CCC(Oc2nc(-c3cnn(C)c3)cn3nccc23)C1. The first-order valence-electron chi connectivity index (χ1n) is 7.90. The summed E-state index contributed by atoms with van der Waals surface area (Å²) in [6.45, 7) is 0. The second-order valence-corrected chi connectivity index (χ2v) is 6.03. The van der Waals surface area contributed by atoms with Crippen molar-refractivity contribution in [3.05, 3.63) is 30.9 Å². The van der Waals surface area contributed by atoms with Crippen molar-refractivity contribution in [1.29, 1.82) is 0 Å². The van der Waals surface area contributed by atoms with Crippen molar-refractivity contribution in [2.24, 2.45) is 7.05 Å². The third-order valence-corrected chi connectivity index (χ3v) is 4.43. The van der Waals surface area contributed by atoms with Gasteiger partial charge in [0.15, 0.2) is 0 Å². The van der Waals surface area contributed by atoms with Gasteiger partial charge < -0.3 is 10.1 Å². The number of nitrogens with one attached hydrogen (secondary N) is 1. The van der Waals surface area contributed by atoms with E-state index in [9.17, 15) is 0 Å². The number of fused-ring (bicyclic) bond motifs is 1. The summed E-state index contributed by atoms with van der Waals surface area (Å²) >= 11 is 0. The molecular weight excluding hydrogens is 292 g/mol. The molecule has 0 radical (unpaired) electrons. The minimum atomic E-state index is 0.197. The maximum absolute atomic E-state index is 6.21. The fraction of sp³-hybridized carbons (Fsp3) is 0.438. The summed E-state index contributed by atoms with van der Waals surface area (Å²) in [7, 11) is 3.90. The Morgan fingerprint density at radius 3 is 2.91 bits per heavy atom. The summed E-state index contributed by atoms with van der Waals surface area (Å²) in [5, 5.41) is 11.9. The molecule has 3 aromatic rings. The van der Waals surface area contributed by atoms with E-state index in [2.05, 4.69) is 15.5 Å². The molecular formula is C16H20N6O. The first kappa shape index (κ1) is 14.2. The van der Waals surface area contributed by atoms with E-state index in [1.165, 1.54) is 0 Å². The first-order valence-corrected chi connectivity index (χ1v) is 7.90. The Morgan fingerprint density at radius 1 is 1.26 bits per heavy atom. The van der Waals surface area contributed by atoms with E-state index in [1.54, 1.807) is 17.1 Å². The van der Waals surface area contributed by atoms with Gasteiger partial charge in [0, 0.05) is 24.8 Å². The minimum absolute atomic E-state index is 0.197. The summed E-state index contributed by atoms with van der Waals surface area (Å²) in [5.74, 6) is 0.644. The highest BCUT2D eigenvalue weighted by atomic mass is 16.5. The van der Waals surface area contributed by atoms with Gasteiger partial charge in [0.05, 0.1) is 24.3 Å². The molecule has 1 saturated carbocycles. The molecule has 1 aliphatic rings. The van der Waals surface area contributed by atoms with Crippen LogP contribution in [0.2, 0.25) is 0 Å². The number of ether oxygens (including phenoxy) is 1. The van der Waals surface area contributed by atoms with E-state index in [0.29, 0.717) is 11.9 Å². The molecule has 3 aromatic heterocycles. The number of aryl methyl sites for hydroxylation is 1. The van der Waals surface area contributed by atoms with Gasteiger partial charge in [-0.1, -0.05) is 0 Å². The van der Waals surface area contributed by atoms with Gasteiger partial charge in [0.2, 0.25) is 5.88 Å². The lowest BCUT2D eigenvalue weighted by molar-refractivity contribution is 0.200. The molecule has 2 atom stereocenters. The van der Waals surface area contributed by atoms with Crippen LogP contribution in [0.3, 0.4) is 0 Å². The van der Waals surface area contributed by atoms with Crippen LogP contribution in [0.4, 0.5) is 0 Å². The lowest BCUT2D eigenvalue weighted by Gasteiger charge is -2.15. The van der Waals surface area contributed by atoms with Gasteiger partial charge in [-0.05, 0) is 32.4 Å². The van der Waals surface area contributed by atoms with Crippen LogP contribution in [-0.2, 0) is 7.05 Å². The average molecular weight is 312 g/mol. The Balaban J connectivity index is 1.69. The summed E-state index contributed by atoms with van der Waals surface area (Å²) in [4.78, 5) is 4.71. The normalized spacial score (nSPS) is 21.1. The number of aromatic nitrogens is 5. The second kappa shape index (κ2) is 5.66. The topological polar surface area (TPSA) is 69.3 Å². The van der Waals surface area contributed by atoms with Crippen molar-refractivity contribution < 1.29 is 4.74 Å². The van der Waals surface area contributed by atoms with Crippen molar-refractivity contribution >= 4 is 5.52 Å². The predicted molar refractivity (Wildman–Crippen MR) is 86.3 cm³/mol. The van der Waals surface area contributed by atoms with Crippen molar-refractivity contribution in [2.45, 2.75) is 31.4 Å². The Hall–Kier alpha value is -2.41. The van der Waals surface area contributed by atoms with Gasteiger partial charge in [-0.3, -0.25) is 4.68 Å². The van der Waals surface area contributed by atoms with Gasteiger partial charge in [-0.15, -0.1) is 0 Å². The largest absolute Gasteiger partial charge is 0.473 e. The van der Waals surface area contributed by atoms with Gasteiger partial charge in [0.1, 0.15) is 11.6 Å². The summed E-state index contributed by atoms with van der Waals surface area (Å²) in [5.41, 5.74) is 2.66. The standard InChI is InChI=1S/C16H20N6O/c1-17-12-3-4-13(7-12)23-16-15-5-6-18-22(15)10-14(20-16)11-8-19-21(2)9-11/h5-6,8-10,12-13,17H,3-4,7H2,1-2H3/t12-,13?/m1/s1. The van der Waals surface area contributed by atoms with Gasteiger partial charge >= 0.3 is 0 Å². The highest BCUT2D eigenvalue weighted by Gasteiger charge is 2.26. The minimum Gasteiger partial charge on any atom is -0.473 e. The van der Waals surface area contributed by atoms with Crippen molar-refractivity contribution in [3.63, 3.8) is 0 Å². The molecule has 0 amide bonds. The van der Waals surface area contributed by atoms with Gasteiger partial charge in [-0.2, -0.15) is 10.2 Å². The zero-order valence-electron chi connectivity index (χ0n) is 13.3. The van der Waals surface area contributed by atoms with E-state index in [0.717, 1.165) is 36.0 Å². The molecule has 0 aromatic carbocycles. The van der Waals surface area contributed by atoms with E-state index in [4.69, 9.17) is 9.72 Å². The van der Waals surface area contributed by atoms with E-state index >= 15 is 0 Å². The average Bonchev–Trinajstić information content (AvgIpc) is 3.26. The molecule has 4 rings (SSSR count). The molecule has 0 bridgehead atoms. The fourth-order valence-electron chi connectivity index (χ4n) is 3.14. The molecule has 0 aliphatic heterocycles. The van der Waals surface area contributed by atoms with Crippen LogP contribution in [-0.4, -0.2) is 43.6 Å². The lowest BCUT2D eigenvalue weighted by atomic mass is 10.2. The Labute approximate surface area is 134 Å². The first-order chi connectivity index (χ1) is 11.2. The molecule has 1 unspecified atom stereocenters. The molecule has 7 nitrogen and oxygen atoms in total. The van der Waals surface area contributed by atoms with Gasteiger partial charge in [-0.25, -0.2) is 9.50 Å². The zero-order chi connectivity index (χ0) is 15.8. The summed E-state index contributed by atoms with van der Waals surface area (Å²) in [6.07, 6.45) is 10.8. The van der Waals surface area contributed by atoms with E-state index < -0.39 is 0 Å². The smallest absolute Gasteiger partial charge is 0.240 e. The fourth-order valence-corrected chi connectivity index (χ4v) is 3.14. The molecule has 1 aliphatic carbocycles. The van der Waals surface area contributed by atoms with Crippen LogP contribution in [0.5, 0.6) is 5.88 Å². The third kappa shape index (κ3) is 2.68. The van der Waals surface area contributed by atoms with Crippen LogP contribution >= 0.6 is 0 Å². The van der Waals surface area contributed by atoms with Crippen molar-refractivity contribution in [2.75, 3.05) is 7.05 Å². The number of rotatable bonds is 4. The molecule has 3 heterocycles. The molecule has 0 spiro atoms. The molecule has 120 valence electrons. The van der Waals surface area contributed by atoms with Crippen molar-refractivity contribution in [1.82, 2.24) is 29.7 Å². The monoisotopic (exact) mass is 312 g/mol. The predicted octanol–water partition coefficient (Wildman–Crippen LogP) is 1.65. The maximum atomic E-state index is 6.21. The maximum Gasteiger partial charge on any atom is 0.240 e. The Morgan fingerprint density at radius 2 is 2.17 bits per heavy atom. The van der Waals surface area contributed by atoms with E-state index in [-0.39, 0.29) is 6.10 Å². The third-order valence-electron chi connectivity index (χ3n) is 4.43. The molecule has 23 heavy (non-hydrogen) atoms. The lowest BCUT2D eigenvalue weighted by Crippen LogP contribution is -2.23. The molecule has 0 saturated heterocycles. The molecule has 7 heteroatoms. The van der Waals surface area contributed by atoms with Crippen LogP contribution in [0.1, 0.15) is 19.3 Å². The number of hydrogen-bond acceptors (Lipinski definition) is 5. The Bertz CT molecular complexity index is 823. The highest BCUT2D eigenvalue weighted by molar-refractivity contribution is 5.63. The second-order valence-electron chi connectivity index (χ2n) is 6.03. The van der Waals surface area contributed by atoms with Crippen molar-refractivity contribution in [3.8, 4) is 17.1 Å². The zero-order valence-corrected chi connectivity index (χ0v) is 13.3. The summed E-state index contributed by atoms with van der Waals surface area (Å²) < 4.78 is 9.79. The molecule has 1 N–H and O–H groups in total. The number of nitrogens with zero attached hydrogens (tertiary/aromatic N) is 5. The Kier molecular flexibility index (Phi) is 3.49. The van der Waals surface area contributed by atoms with Crippen LogP contribution < -0.4 is 10.1 Å². The summed E-state index contributed by atoms with van der Waals surface area (Å²) in [6, 6.07) is 2.46. The number of hydrogen-bond donors (Lipinski definition) is 1. The van der Waals surface area contributed by atoms with E-state index in [1.807, 2.05) is 37.1 Å². The van der Waals surface area contributed by atoms with Crippen LogP contribution in [0.25, 0.3) is 16.8 Å². The van der Waals surface area contributed by atoms with Gasteiger partial charge in [0.25, 0.3) is 0 Å². The quantitative estimate of drug-likeness (QED) is 0.793. The van der Waals surface area contributed by atoms with Crippen LogP contribution in [0, 0.1) is 0 Å². The highest BCUT2D eigenvalue weighted by Crippen LogP contribution is 2.28. The molecule has 1 fully saturated rings. The van der Waals surface area contributed by atoms with Crippen LogP contribution in [0.15, 0.2) is 30.9 Å².